The Kier molecular flexibility index (Phi) is 5.68. The summed E-state index contributed by atoms with van der Waals surface area (Å²) in [4.78, 5) is 4.40. The minimum Gasteiger partial charge on any atom is -0.264 e. The van der Waals surface area contributed by atoms with E-state index in [2.05, 4.69) is 148 Å². The molecule has 0 aliphatic heterocycles. The van der Waals surface area contributed by atoms with Crippen molar-refractivity contribution in [2.45, 2.75) is 0 Å². The zero-order valence-electron chi connectivity index (χ0n) is 22.2. The van der Waals surface area contributed by atoms with Crippen LogP contribution in [0, 0.1) is 0 Å². The highest BCUT2D eigenvalue weighted by Gasteiger charge is 2.18. The van der Waals surface area contributed by atoms with E-state index in [1.165, 1.54) is 65.3 Å². The number of halogens is 1. The maximum absolute atomic E-state index is 4.40. The Morgan fingerprint density at radius 1 is 0.390 bits per heavy atom. The van der Waals surface area contributed by atoms with Crippen molar-refractivity contribution in [2.75, 3.05) is 0 Å². The predicted octanol–water partition coefficient (Wildman–Crippen LogP) is 11.5. The summed E-state index contributed by atoms with van der Waals surface area (Å²) in [6, 6.07) is 48.6. The number of benzene rings is 7. The van der Waals surface area contributed by atoms with E-state index < -0.39 is 0 Å². The number of fused-ring (bicyclic) bond motifs is 4. The second kappa shape index (κ2) is 9.69. The topological polar surface area (TPSA) is 12.9 Å². The molecule has 0 saturated heterocycles. The summed E-state index contributed by atoms with van der Waals surface area (Å²) in [5.74, 6) is 0. The van der Waals surface area contributed by atoms with Gasteiger partial charge in [0.05, 0.1) is 0 Å². The van der Waals surface area contributed by atoms with Gasteiger partial charge in [-0.2, -0.15) is 0 Å². The van der Waals surface area contributed by atoms with E-state index >= 15 is 0 Å². The molecule has 1 heterocycles. The van der Waals surface area contributed by atoms with Crippen LogP contribution in [0.1, 0.15) is 0 Å². The fourth-order valence-corrected chi connectivity index (χ4v) is 6.59. The number of hydrogen-bond donors (Lipinski definition) is 0. The molecule has 0 N–H and O–H groups in total. The number of aromatic nitrogens is 1. The van der Waals surface area contributed by atoms with Gasteiger partial charge in [0.2, 0.25) is 0 Å². The first-order chi connectivity index (χ1) is 20.2. The van der Waals surface area contributed by atoms with Crippen LogP contribution >= 0.6 is 15.9 Å². The zero-order chi connectivity index (χ0) is 27.3. The average Bonchev–Trinajstić information content (AvgIpc) is 3.03. The average molecular weight is 587 g/mol. The summed E-state index contributed by atoms with van der Waals surface area (Å²) in [6.45, 7) is 0. The monoisotopic (exact) mass is 585 g/mol. The molecule has 0 atom stereocenters. The zero-order valence-corrected chi connectivity index (χ0v) is 23.8. The maximum Gasteiger partial charge on any atom is 0.0346 e. The normalized spacial score (nSPS) is 11.5. The molecule has 0 saturated carbocycles. The summed E-state index contributed by atoms with van der Waals surface area (Å²) in [6.07, 6.45) is 3.77. The summed E-state index contributed by atoms with van der Waals surface area (Å²) >= 11 is 3.79. The van der Waals surface area contributed by atoms with Gasteiger partial charge in [0.25, 0.3) is 0 Å². The van der Waals surface area contributed by atoms with Crippen LogP contribution in [0.15, 0.2) is 150 Å². The Balaban J connectivity index is 1.53. The number of hydrogen-bond acceptors (Lipinski definition) is 1. The Bertz CT molecular complexity index is 2270. The largest absolute Gasteiger partial charge is 0.264 e. The number of pyridine rings is 1. The molecule has 41 heavy (non-hydrogen) atoms. The van der Waals surface area contributed by atoms with E-state index in [1.807, 2.05) is 18.5 Å². The van der Waals surface area contributed by atoms with Crippen LogP contribution in [-0.4, -0.2) is 4.98 Å². The van der Waals surface area contributed by atoms with E-state index in [9.17, 15) is 0 Å². The highest BCUT2D eigenvalue weighted by Crippen LogP contribution is 2.46. The highest BCUT2D eigenvalue weighted by molar-refractivity contribution is 9.10. The minimum absolute atomic E-state index is 1.07. The molecule has 8 aromatic rings. The van der Waals surface area contributed by atoms with Gasteiger partial charge in [-0.05, 0) is 107 Å². The van der Waals surface area contributed by atoms with Crippen LogP contribution in [0.4, 0.5) is 0 Å². The van der Waals surface area contributed by atoms with Gasteiger partial charge in [-0.15, -0.1) is 0 Å². The van der Waals surface area contributed by atoms with Gasteiger partial charge in [-0.25, -0.2) is 0 Å². The number of nitrogens with zero attached hydrogens (tertiary/aromatic N) is 1. The second-order valence-corrected chi connectivity index (χ2v) is 11.5. The molecule has 8 rings (SSSR count). The molecule has 0 spiro atoms. The fraction of sp³-hybridized carbons (Fsp3) is 0. The van der Waals surface area contributed by atoms with Crippen molar-refractivity contribution in [3.63, 3.8) is 0 Å². The first kappa shape index (κ1) is 24.0. The molecule has 0 fully saturated rings. The summed E-state index contributed by atoms with van der Waals surface area (Å²) < 4.78 is 1.07. The van der Waals surface area contributed by atoms with Gasteiger partial charge < -0.3 is 0 Å². The lowest BCUT2D eigenvalue weighted by atomic mass is 9.84. The van der Waals surface area contributed by atoms with Gasteiger partial charge in [-0.3, -0.25) is 4.98 Å². The molecule has 0 bridgehead atoms. The Morgan fingerprint density at radius 3 is 1.56 bits per heavy atom. The Morgan fingerprint density at radius 2 is 0.951 bits per heavy atom. The smallest absolute Gasteiger partial charge is 0.0346 e. The standard InChI is InChI=1S/C39H24BrN/c40-33-16-18-35-37(23-33)39(31-14-12-26-7-2-4-9-28(26)21-31)34-17-15-29(32-10-5-19-41-24-32)22-36(34)38(35)30-13-11-25-6-1-3-8-27(25)20-30/h1-24H. The van der Waals surface area contributed by atoms with Gasteiger partial charge in [0.15, 0.2) is 0 Å². The van der Waals surface area contributed by atoms with Crippen LogP contribution in [0.5, 0.6) is 0 Å². The van der Waals surface area contributed by atoms with Crippen LogP contribution in [0.3, 0.4) is 0 Å². The van der Waals surface area contributed by atoms with E-state index in [-0.39, 0.29) is 0 Å². The quantitative estimate of drug-likeness (QED) is 0.188. The van der Waals surface area contributed by atoms with E-state index in [1.54, 1.807) is 0 Å². The van der Waals surface area contributed by atoms with Gasteiger partial charge in [0.1, 0.15) is 0 Å². The molecule has 1 aromatic heterocycles. The fourth-order valence-electron chi connectivity index (χ4n) is 6.23. The van der Waals surface area contributed by atoms with Crippen molar-refractivity contribution in [1.82, 2.24) is 4.98 Å². The molecule has 0 radical (unpaired) electrons. The van der Waals surface area contributed by atoms with Crippen LogP contribution in [0.25, 0.3) is 76.5 Å². The van der Waals surface area contributed by atoms with Gasteiger partial charge >= 0.3 is 0 Å². The first-order valence-electron chi connectivity index (χ1n) is 13.8. The molecular weight excluding hydrogens is 562 g/mol. The summed E-state index contributed by atoms with van der Waals surface area (Å²) in [5.41, 5.74) is 7.22. The van der Waals surface area contributed by atoms with Crippen molar-refractivity contribution >= 4 is 59.0 Å². The minimum atomic E-state index is 1.07. The molecule has 0 amide bonds. The van der Waals surface area contributed by atoms with Crippen LogP contribution < -0.4 is 0 Å². The molecule has 0 aliphatic carbocycles. The third-order valence-corrected chi connectivity index (χ3v) is 8.64. The third kappa shape index (κ3) is 4.11. The van der Waals surface area contributed by atoms with Crippen molar-refractivity contribution < 1.29 is 0 Å². The molecule has 1 nitrogen and oxygen atoms in total. The molecule has 0 aliphatic rings. The number of rotatable bonds is 3. The molecular formula is C39H24BrN. The molecule has 0 unspecified atom stereocenters. The third-order valence-electron chi connectivity index (χ3n) is 8.15. The molecule has 2 heteroatoms. The highest BCUT2D eigenvalue weighted by atomic mass is 79.9. The van der Waals surface area contributed by atoms with E-state index in [0.29, 0.717) is 0 Å². The Labute approximate surface area is 246 Å². The maximum atomic E-state index is 4.40. The van der Waals surface area contributed by atoms with Crippen LogP contribution in [-0.2, 0) is 0 Å². The van der Waals surface area contributed by atoms with Crippen molar-refractivity contribution in [1.29, 1.82) is 0 Å². The van der Waals surface area contributed by atoms with E-state index in [0.717, 1.165) is 15.6 Å². The predicted molar refractivity (Wildman–Crippen MR) is 178 cm³/mol. The lowest BCUT2D eigenvalue weighted by molar-refractivity contribution is 1.33. The Hall–Kier alpha value is -4.79. The SMILES string of the molecule is Brc1ccc2c(-c3ccc4ccccc4c3)c3cc(-c4cccnc4)ccc3c(-c3ccc4ccccc4c3)c2c1. The van der Waals surface area contributed by atoms with E-state index in [4.69, 9.17) is 0 Å². The van der Waals surface area contributed by atoms with Crippen molar-refractivity contribution in [2.24, 2.45) is 0 Å². The van der Waals surface area contributed by atoms with Gasteiger partial charge in [-0.1, -0.05) is 113 Å². The molecule has 192 valence electrons. The summed E-state index contributed by atoms with van der Waals surface area (Å²) in [7, 11) is 0. The second-order valence-electron chi connectivity index (χ2n) is 10.6. The molecule has 7 aromatic carbocycles. The lowest BCUT2D eigenvalue weighted by Crippen LogP contribution is -1.92. The summed E-state index contributed by atoms with van der Waals surface area (Å²) in [5, 5.41) is 9.93. The van der Waals surface area contributed by atoms with Crippen molar-refractivity contribution in [3.8, 4) is 33.4 Å². The lowest BCUT2D eigenvalue weighted by Gasteiger charge is -2.19. The first-order valence-corrected chi connectivity index (χ1v) is 14.6. The van der Waals surface area contributed by atoms with Crippen LogP contribution in [0.2, 0.25) is 0 Å². The van der Waals surface area contributed by atoms with Crippen molar-refractivity contribution in [3.05, 3.63) is 150 Å². The van der Waals surface area contributed by atoms with Gasteiger partial charge in [0, 0.05) is 22.4 Å².